The van der Waals surface area contributed by atoms with Crippen LogP contribution in [-0.2, 0) is 0 Å². The summed E-state index contributed by atoms with van der Waals surface area (Å²) in [5, 5.41) is 9.41. The average molecular weight is 240 g/mol. The van der Waals surface area contributed by atoms with Gasteiger partial charge in [0.1, 0.15) is 11.6 Å². The van der Waals surface area contributed by atoms with E-state index in [1.807, 2.05) is 13.0 Å². The number of H-pyrrole nitrogens is 1. The summed E-state index contributed by atoms with van der Waals surface area (Å²) in [5.41, 5.74) is 9.51. The number of phenolic OH excluding ortho intramolecular Hbond substituents is 1. The molecule has 0 radical (unpaired) electrons. The predicted octanol–water partition coefficient (Wildman–Crippen LogP) is 2.22. The van der Waals surface area contributed by atoms with Crippen LogP contribution in [0.1, 0.15) is 5.56 Å². The first-order valence-electron chi connectivity index (χ1n) is 5.55. The number of nitrogens with two attached hydrogens (primary N) is 1. The normalized spacial score (nSPS) is 10.9. The maximum atomic E-state index is 9.41. The minimum atomic E-state index is 0.0733. The van der Waals surface area contributed by atoms with Gasteiger partial charge in [-0.05, 0) is 36.8 Å². The summed E-state index contributed by atoms with van der Waals surface area (Å²) in [4.78, 5) is 11.8. The molecule has 5 nitrogen and oxygen atoms in total. The number of pyridine rings is 1. The molecule has 0 bridgehead atoms. The Kier molecular flexibility index (Phi) is 2.19. The van der Waals surface area contributed by atoms with Gasteiger partial charge in [-0.3, -0.25) is 0 Å². The number of aromatic nitrogens is 3. The van der Waals surface area contributed by atoms with Crippen molar-refractivity contribution in [1.82, 2.24) is 15.0 Å². The molecule has 2 aromatic heterocycles. The zero-order valence-corrected chi connectivity index (χ0v) is 9.81. The lowest BCUT2D eigenvalue weighted by molar-refractivity contribution is 0.478. The highest BCUT2D eigenvalue weighted by Gasteiger charge is 2.09. The topological polar surface area (TPSA) is 87.8 Å². The number of benzene rings is 1. The minimum absolute atomic E-state index is 0.0733. The van der Waals surface area contributed by atoms with Gasteiger partial charge in [-0.15, -0.1) is 0 Å². The lowest BCUT2D eigenvalue weighted by Gasteiger charge is -2.00. The fourth-order valence-corrected chi connectivity index (χ4v) is 1.87. The molecule has 0 unspecified atom stereocenters. The number of nitrogens with zero attached hydrogens (tertiary/aromatic N) is 2. The summed E-state index contributed by atoms with van der Waals surface area (Å²) in [6, 6.07) is 6.93. The number of hydrogen-bond donors (Lipinski definition) is 3. The van der Waals surface area contributed by atoms with Crippen molar-refractivity contribution in [3.05, 3.63) is 36.0 Å². The molecule has 0 atom stereocenters. The van der Waals surface area contributed by atoms with E-state index in [0.29, 0.717) is 17.2 Å². The van der Waals surface area contributed by atoms with Crippen LogP contribution in [0.5, 0.6) is 5.75 Å². The number of rotatable bonds is 1. The van der Waals surface area contributed by atoms with E-state index in [0.717, 1.165) is 16.6 Å². The third kappa shape index (κ3) is 1.57. The summed E-state index contributed by atoms with van der Waals surface area (Å²) >= 11 is 0. The van der Waals surface area contributed by atoms with Gasteiger partial charge in [-0.1, -0.05) is 0 Å². The van der Waals surface area contributed by atoms with E-state index in [4.69, 9.17) is 5.73 Å². The van der Waals surface area contributed by atoms with Crippen LogP contribution in [0.3, 0.4) is 0 Å². The molecule has 1 aromatic carbocycles. The summed E-state index contributed by atoms with van der Waals surface area (Å²) in [6.45, 7) is 2.00. The van der Waals surface area contributed by atoms with Crippen LogP contribution < -0.4 is 5.73 Å². The third-order valence-electron chi connectivity index (χ3n) is 2.90. The number of fused-ring (bicyclic) bond motifs is 1. The lowest BCUT2D eigenvalue weighted by atomic mass is 10.2. The standard InChI is InChI=1S/C13H12N4O/c1-7-4-5-15-13-11(7)16-12(17-13)8-2-3-10(18)9(14)6-8/h2-6,18H,14H2,1H3,(H,15,16,17). The molecule has 0 fully saturated rings. The zero-order chi connectivity index (χ0) is 12.7. The first kappa shape index (κ1) is 10.6. The van der Waals surface area contributed by atoms with Crippen molar-refractivity contribution in [3.8, 4) is 17.1 Å². The second-order valence-corrected chi connectivity index (χ2v) is 4.19. The van der Waals surface area contributed by atoms with Crippen LogP contribution in [-0.4, -0.2) is 20.1 Å². The van der Waals surface area contributed by atoms with Crippen LogP contribution in [0, 0.1) is 6.92 Å². The van der Waals surface area contributed by atoms with Gasteiger partial charge >= 0.3 is 0 Å². The SMILES string of the molecule is Cc1ccnc2nc(-c3ccc(O)c(N)c3)[nH]c12. The highest BCUT2D eigenvalue weighted by atomic mass is 16.3. The maximum Gasteiger partial charge on any atom is 0.178 e. The molecule has 3 aromatic rings. The molecular formula is C13H12N4O. The number of nitrogen functional groups attached to an aromatic ring is 1. The van der Waals surface area contributed by atoms with Gasteiger partial charge in [0.2, 0.25) is 0 Å². The van der Waals surface area contributed by atoms with Crippen LogP contribution >= 0.6 is 0 Å². The van der Waals surface area contributed by atoms with Gasteiger partial charge in [-0.25, -0.2) is 9.97 Å². The van der Waals surface area contributed by atoms with Crippen molar-refractivity contribution < 1.29 is 5.11 Å². The molecule has 0 aliphatic heterocycles. The lowest BCUT2D eigenvalue weighted by Crippen LogP contribution is -1.87. The van der Waals surface area contributed by atoms with Gasteiger partial charge < -0.3 is 15.8 Å². The number of hydrogen-bond acceptors (Lipinski definition) is 4. The fourth-order valence-electron chi connectivity index (χ4n) is 1.87. The molecule has 0 aliphatic carbocycles. The van der Waals surface area contributed by atoms with E-state index < -0.39 is 0 Å². The molecule has 3 rings (SSSR count). The summed E-state index contributed by atoms with van der Waals surface area (Å²) < 4.78 is 0. The Bertz CT molecular complexity index is 733. The maximum absolute atomic E-state index is 9.41. The van der Waals surface area contributed by atoms with E-state index in [2.05, 4.69) is 15.0 Å². The Morgan fingerprint density at radius 1 is 1.28 bits per heavy atom. The van der Waals surface area contributed by atoms with Crippen molar-refractivity contribution >= 4 is 16.9 Å². The number of aromatic hydroxyl groups is 1. The molecule has 2 heterocycles. The summed E-state index contributed by atoms with van der Waals surface area (Å²) in [5.74, 6) is 0.766. The average Bonchev–Trinajstić information content (AvgIpc) is 2.78. The molecule has 0 saturated heterocycles. The summed E-state index contributed by atoms with van der Waals surface area (Å²) in [6.07, 6.45) is 1.73. The van der Waals surface area contributed by atoms with Crippen LogP contribution in [0.25, 0.3) is 22.6 Å². The molecule has 0 amide bonds. The van der Waals surface area contributed by atoms with Crippen molar-refractivity contribution in [2.45, 2.75) is 6.92 Å². The van der Waals surface area contributed by atoms with Crippen molar-refractivity contribution in [2.24, 2.45) is 0 Å². The van der Waals surface area contributed by atoms with Gasteiger partial charge in [0.05, 0.1) is 11.2 Å². The number of aromatic amines is 1. The quantitative estimate of drug-likeness (QED) is 0.449. The van der Waals surface area contributed by atoms with Gasteiger partial charge in [0.25, 0.3) is 0 Å². The first-order chi connectivity index (χ1) is 8.65. The molecule has 4 N–H and O–H groups in total. The highest BCUT2D eigenvalue weighted by molar-refractivity contribution is 5.79. The predicted molar refractivity (Wildman–Crippen MR) is 70.1 cm³/mol. The Balaban J connectivity index is 2.19. The van der Waals surface area contributed by atoms with Crippen molar-refractivity contribution in [2.75, 3.05) is 5.73 Å². The number of aryl methyl sites for hydroxylation is 1. The van der Waals surface area contributed by atoms with E-state index in [1.54, 1.807) is 24.4 Å². The second-order valence-electron chi connectivity index (χ2n) is 4.19. The molecule has 0 saturated carbocycles. The highest BCUT2D eigenvalue weighted by Crippen LogP contribution is 2.27. The number of imidazole rings is 1. The van der Waals surface area contributed by atoms with Crippen molar-refractivity contribution in [1.29, 1.82) is 0 Å². The number of phenols is 1. The molecule has 0 spiro atoms. The molecule has 90 valence electrons. The van der Waals surface area contributed by atoms with Gasteiger partial charge in [-0.2, -0.15) is 0 Å². The van der Waals surface area contributed by atoms with E-state index >= 15 is 0 Å². The largest absolute Gasteiger partial charge is 0.506 e. The Morgan fingerprint density at radius 3 is 2.83 bits per heavy atom. The third-order valence-corrected chi connectivity index (χ3v) is 2.90. The fraction of sp³-hybridized carbons (Fsp3) is 0.0769. The van der Waals surface area contributed by atoms with E-state index in [1.165, 1.54) is 0 Å². The number of nitrogens with one attached hydrogen (secondary N) is 1. The monoisotopic (exact) mass is 240 g/mol. The van der Waals surface area contributed by atoms with Crippen molar-refractivity contribution in [3.63, 3.8) is 0 Å². The van der Waals surface area contributed by atoms with Gasteiger partial charge in [0, 0.05) is 11.8 Å². The van der Waals surface area contributed by atoms with Crippen LogP contribution in [0.15, 0.2) is 30.5 Å². The molecule has 18 heavy (non-hydrogen) atoms. The van der Waals surface area contributed by atoms with E-state index in [-0.39, 0.29) is 5.75 Å². The molecule has 0 aliphatic rings. The smallest absolute Gasteiger partial charge is 0.178 e. The summed E-state index contributed by atoms with van der Waals surface area (Å²) in [7, 11) is 0. The van der Waals surface area contributed by atoms with Gasteiger partial charge in [0.15, 0.2) is 5.65 Å². The van der Waals surface area contributed by atoms with E-state index in [9.17, 15) is 5.11 Å². The second kappa shape index (κ2) is 3.73. The van der Waals surface area contributed by atoms with Crippen LogP contribution in [0.4, 0.5) is 5.69 Å². The Hall–Kier alpha value is -2.56. The zero-order valence-electron chi connectivity index (χ0n) is 9.81. The minimum Gasteiger partial charge on any atom is -0.506 e. The first-order valence-corrected chi connectivity index (χ1v) is 5.55. The Morgan fingerprint density at radius 2 is 2.11 bits per heavy atom. The van der Waals surface area contributed by atoms with Crippen LogP contribution in [0.2, 0.25) is 0 Å². The molecule has 5 heteroatoms. The molecular weight excluding hydrogens is 228 g/mol. The number of anilines is 1. The Labute approximate surface area is 103 Å².